The molecule has 2 aromatic rings. The van der Waals surface area contributed by atoms with Gasteiger partial charge in [-0.25, -0.2) is 8.42 Å². The lowest BCUT2D eigenvalue weighted by atomic mass is 10.1. The standard InChI is InChI=1S/C18H16BrF3N2O4S/c19-13-4-5-16(25)15(11-13)17(26)23-6-8-24(9-7-23)29(27,28)14-3-1-2-12(10-14)18(20,21)22/h1-5,10-11,25H,6-9H2. The van der Waals surface area contributed by atoms with Gasteiger partial charge in [-0.15, -0.1) is 0 Å². The van der Waals surface area contributed by atoms with E-state index in [9.17, 15) is 31.5 Å². The third kappa shape index (κ3) is 4.57. The number of nitrogens with zero attached hydrogens (tertiary/aromatic N) is 2. The quantitative estimate of drug-likeness (QED) is 0.712. The second-order valence-electron chi connectivity index (χ2n) is 6.38. The maximum absolute atomic E-state index is 12.9. The van der Waals surface area contributed by atoms with Gasteiger partial charge in [0, 0.05) is 30.7 Å². The number of sulfonamides is 1. The lowest BCUT2D eigenvalue weighted by Crippen LogP contribution is -2.50. The fraction of sp³-hybridized carbons (Fsp3) is 0.278. The number of carbonyl (C=O) groups is 1. The molecule has 156 valence electrons. The second kappa shape index (κ2) is 7.96. The first kappa shape index (κ1) is 21.6. The average Bonchev–Trinajstić information content (AvgIpc) is 2.69. The van der Waals surface area contributed by atoms with Gasteiger partial charge in [-0.05, 0) is 36.4 Å². The second-order valence-corrected chi connectivity index (χ2v) is 9.24. The minimum atomic E-state index is -4.65. The fourth-order valence-electron chi connectivity index (χ4n) is 2.96. The first-order chi connectivity index (χ1) is 13.5. The van der Waals surface area contributed by atoms with Crippen LogP contribution in [0.3, 0.4) is 0 Å². The molecule has 1 saturated heterocycles. The normalized spacial score (nSPS) is 16.1. The molecule has 0 unspecified atom stereocenters. The largest absolute Gasteiger partial charge is 0.507 e. The molecule has 1 aliphatic heterocycles. The van der Waals surface area contributed by atoms with E-state index < -0.39 is 32.6 Å². The molecule has 0 aromatic heterocycles. The number of piperazine rings is 1. The summed E-state index contributed by atoms with van der Waals surface area (Å²) >= 11 is 3.22. The van der Waals surface area contributed by atoms with Gasteiger partial charge in [0.25, 0.3) is 5.91 Å². The molecule has 1 heterocycles. The number of benzene rings is 2. The van der Waals surface area contributed by atoms with Crippen molar-refractivity contribution in [3.05, 3.63) is 58.1 Å². The lowest BCUT2D eigenvalue weighted by molar-refractivity contribution is -0.137. The molecule has 1 amide bonds. The minimum Gasteiger partial charge on any atom is -0.507 e. The number of halogens is 4. The Morgan fingerprint density at radius 1 is 1.03 bits per heavy atom. The van der Waals surface area contributed by atoms with Crippen LogP contribution in [-0.4, -0.2) is 54.8 Å². The molecule has 11 heteroatoms. The number of amides is 1. The highest BCUT2D eigenvalue weighted by atomic mass is 79.9. The van der Waals surface area contributed by atoms with E-state index in [0.29, 0.717) is 10.5 Å². The number of aromatic hydroxyl groups is 1. The van der Waals surface area contributed by atoms with Gasteiger partial charge in [-0.2, -0.15) is 17.5 Å². The summed E-state index contributed by atoms with van der Waals surface area (Å²) in [4.78, 5) is 13.5. The van der Waals surface area contributed by atoms with Crippen LogP contribution in [0.2, 0.25) is 0 Å². The van der Waals surface area contributed by atoms with Gasteiger partial charge >= 0.3 is 6.18 Å². The van der Waals surface area contributed by atoms with E-state index in [4.69, 9.17) is 0 Å². The summed E-state index contributed by atoms with van der Waals surface area (Å²) in [6, 6.07) is 7.97. The smallest absolute Gasteiger partial charge is 0.416 e. The molecule has 6 nitrogen and oxygen atoms in total. The van der Waals surface area contributed by atoms with Crippen LogP contribution in [0.5, 0.6) is 5.75 Å². The predicted octanol–water partition coefficient (Wildman–Crippen LogP) is 3.32. The number of rotatable bonds is 3. The molecule has 1 N–H and O–H groups in total. The molecule has 0 saturated carbocycles. The third-order valence-corrected chi connectivity index (χ3v) is 6.90. The maximum Gasteiger partial charge on any atom is 0.416 e. The van der Waals surface area contributed by atoms with Crippen LogP contribution in [0.1, 0.15) is 15.9 Å². The number of hydrogen-bond acceptors (Lipinski definition) is 4. The van der Waals surface area contributed by atoms with Crippen LogP contribution < -0.4 is 0 Å². The van der Waals surface area contributed by atoms with E-state index in [2.05, 4.69) is 15.9 Å². The van der Waals surface area contributed by atoms with Crippen molar-refractivity contribution in [1.82, 2.24) is 9.21 Å². The molecule has 2 aromatic carbocycles. The molecule has 3 rings (SSSR count). The van der Waals surface area contributed by atoms with Crippen molar-refractivity contribution in [2.24, 2.45) is 0 Å². The fourth-order valence-corrected chi connectivity index (χ4v) is 4.79. The van der Waals surface area contributed by atoms with Crippen molar-refractivity contribution in [3.63, 3.8) is 0 Å². The molecular weight excluding hydrogens is 477 g/mol. The summed E-state index contributed by atoms with van der Waals surface area (Å²) in [5, 5.41) is 9.89. The van der Waals surface area contributed by atoms with E-state index in [0.717, 1.165) is 22.5 Å². The summed E-state index contributed by atoms with van der Waals surface area (Å²) in [5.41, 5.74) is -0.967. The van der Waals surface area contributed by atoms with Gasteiger partial charge in [-0.3, -0.25) is 4.79 Å². The Labute approximate surface area is 173 Å². The van der Waals surface area contributed by atoms with Crippen LogP contribution in [0.15, 0.2) is 51.8 Å². The van der Waals surface area contributed by atoms with Gasteiger partial charge in [0.15, 0.2) is 0 Å². The van der Waals surface area contributed by atoms with Gasteiger partial charge in [0.1, 0.15) is 5.75 Å². The van der Waals surface area contributed by atoms with Crippen LogP contribution in [0, 0.1) is 0 Å². The van der Waals surface area contributed by atoms with E-state index in [-0.39, 0.29) is 37.5 Å². The van der Waals surface area contributed by atoms with E-state index in [1.165, 1.54) is 17.0 Å². The Kier molecular flexibility index (Phi) is 5.93. The van der Waals surface area contributed by atoms with Crippen LogP contribution in [0.4, 0.5) is 13.2 Å². The zero-order valence-electron chi connectivity index (χ0n) is 14.9. The molecule has 0 aliphatic carbocycles. The van der Waals surface area contributed by atoms with Crippen molar-refractivity contribution >= 4 is 31.9 Å². The summed E-state index contributed by atoms with van der Waals surface area (Å²) in [6.45, 7) is -0.0515. The Balaban J connectivity index is 1.75. The monoisotopic (exact) mass is 492 g/mol. The summed E-state index contributed by atoms with van der Waals surface area (Å²) < 4.78 is 65.7. The zero-order valence-corrected chi connectivity index (χ0v) is 17.3. The Morgan fingerprint density at radius 3 is 2.31 bits per heavy atom. The molecule has 0 atom stereocenters. The zero-order chi connectivity index (χ0) is 21.4. The highest BCUT2D eigenvalue weighted by Crippen LogP contribution is 2.31. The van der Waals surface area contributed by atoms with Gasteiger partial charge in [0.2, 0.25) is 10.0 Å². The number of phenols is 1. The molecule has 0 bridgehead atoms. The maximum atomic E-state index is 12.9. The predicted molar refractivity (Wildman–Crippen MR) is 102 cm³/mol. The van der Waals surface area contributed by atoms with E-state index in [1.54, 1.807) is 6.07 Å². The number of phenolic OH excluding ortho intramolecular Hbond substituents is 1. The third-order valence-electron chi connectivity index (χ3n) is 4.51. The summed E-state index contributed by atoms with van der Waals surface area (Å²) in [6.07, 6.45) is -4.65. The average molecular weight is 493 g/mol. The number of alkyl halides is 3. The van der Waals surface area contributed by atoms with Crippen LogP contribution in [-0.2, 0) is 16.2 Å². The van der Waals surface area contributed by atoms with Crippen molar-refractivity contribution in [3.8, 4) is 5.75 Å². The Hall–Kier alpha value is -2.11. The van der Waals surface area contributed by atoms with Crippen molar-refractivity contribution in [1.29, 1.82) is 0 Å². The van der Waals surface area contributed by atoms with E-state index >= 15 is 0 Å². The molecule has 1 aliphatic rings. The first-order valence-corrected chi connectivity index (χ1v) is 10.7. The van der Waals surface area contributed by atoms with E-state index in [1.807, 2.05) is 0 Å². The molecular formula is C18H16BrF3N2O4S. The van der Waals surface area contributed by atoms with Crippen LogP contribution in [0.25, 0.3) is 0 Å². The van der Waals surface area contributed by atoms with Crippen molar-refractivity contribution in [2.45, 2.75) is 11.1 Å². The minimum absolute atomic E-state index is 0.0446. The number of hydrogen-bond donors (Lipinski definition) is 1. The topological polar surface area (TPSA) is 77.9 Å². The van der Waals surface area contributed by atoms with Gasteiger partial charge in [-0.1, -0.05) is 22.0 Å². The van der Waals surface area contributed by atoms with Gasteiger partial charge < -0.3 is 10.0 Å². The first-order valence-electron chi connectivity index (χ1n) is 8.45. The molecule has 0 spiro atoms. The molecule has 29 heavy (non-hydrogen) atoms. The molecule has 0 radical (unpaired) electrons. The Morgan fingerprint density at radius 2 is 1.69 bits per heavy atom. The lowest BCUT2D eigenvalue weighted by Gasteiger charge is -2.34. The highest BCUT2D eigenvalue weighted by Gasteiger charge is 2.34. The van der Waals surface area contributed by atoms with Crippen LogP contribution >= 0.6 is 15.9 Å². The van der Waals surface area contributed by atoms with Gasteiger partial charge in [0.05, 0.1) is 16.0 Å². The summed E-state index contributed by atoms with van der Waals surface area (Å²) in [7, 11) is -4.13. The summed E-state index contributed by atoms with van der Waals surface area (Å²) in [5.74, 6) is -0.655. The molecule has 1 fully saturated rings. The Bertz CT molecular complexity index is 1040. The van der Waals surface area contributed by atoms with Crippen molar-refractivity contribution in [2.75, 3.05) is 26.2 Å². The SMILES string of the molecule is O=C(c1cc(Br)ccc1O)N1CCN(S(=O)(=O)c2cccc(C(F)(F)F)c2)CC1. The van der Waals surface area contributed by atoms with Crippen molar-refractivity contribution < 1.29 is 31.5 Å². The highest BCUT2D eigenvalue weighted by molar-refractivity contribution is 9.10. The number of carbonyl (C=O) groups excluding carboxylic acids is 1.